The maximum Gasteiger partial charge on any atom is 0.126 e. The molecule has 3 heterocycles. The molecule has 0 spiro atoms. The van der Waals surface area contributed by atoms with Crippen molar-refractivity contribution in [3.05, 3.63) is 29.6 Å². The summed E-state index contributed by atoms with van der Waals surface area (Å²) in [7, 11) is 1.62. The molecular weight excluding hydrogens is 255 g/mol. The number of hydrogen-bond donors (Lipinski definition) is 1. The van der Waals surface area contributed by atoms with Gasteiger partial charge < -0.3 is 10.1 Å². The van der Waals surface area contributed by atoms with Gasteiger partial charge >= 0.3 is 0 Å². The van der Waals surface area contributed by atoms with E-state index in [2.05, 4.69) is 10.2 Å². The zero-order valence-corrected chi connectivity index (χ0v) is 11.8. The fraction of sp³-hybridized carbons (Fsp3) is 0.625. The maximum absolute atomic E-state index is 13.3. The number of rotatable bonds is 3. The van der Waals surface area contributed by atoms with Crippen molar-refractivity contribution < 1.29 is 9.13 Å². The standard InChI is InChI=1S/C16H21FN2O/c1-20-16-6-11(17)3-2-10(16)9-19-14-4-5-15(19)13-8-18-7-12(13)14/h2-3,6,12-15,18H,4-5,7-9H2,1H3/t12-,13+,14-,15+. The third-order valence-corrected chi connectivity index (χ3v) is 5.51. The Bertz CT molecular complexity index is 503. The van der Waals surface area contributed by atoms with Crippen LogP contribution in [-0.2, 0) is 6.54 Å². The second-order valence-corrected chi connectivity index (χ2v) is 6.33. The summed E-state index contributed by atoms with van der Waals surface area (Å²) in [6.07, 6.45) is 2.63. The van der Waals surface area contributed by atoms with E-state index in [1.54, 1.807) is 7.11 Å². The molecule has 3 saturated heterocycles. The molecule has 4 rings (SSSR count). The Morgan fingerprint density at radius 1 is 1.25 bits per heavy atom. The van der Waals surface area contributed by atoms with Crippen molar-refractivity contribution in [2.24, 2.45) is 11.8 Å². The Morgan fingerprint density at radius 3 is 2.60 bits per heavy atom. The van der Waals surface area contributed by atoms with Gasteiger partial charge in [0.25, 0.3) is 0 Å². The normalized spacial score (nSPS) is 35.5. The average molecular weight is 276 g/mol. The Labute approximate surface area is 119 Å². The van der Waals surface area contributed by atoms with Crippen LogP contribution in [0.3, 0.4) is 0 Å². The lowest BCUT2D eigenvalue weighted by atomic mass is 9.82. The van der Waals surface area contributed by atoms with E-state index in [1.807, 2.05) is 6.07 Å². The van der Waals surface area contributed by atoms with E-state index in [0.717, 1.165) is 23.9 Å². The van der Waals surface area contributed by atoms with Crippen LogP contribution in [0.1, 0.15) is 18.4 Å². The van der Waals surface area contributed by atoms with Gasteiger partial charge in [-0.1, -0.05) is 6.07 Å². The molecule has 4 heteroatoms. The summed E-state index contributed by atoms with van der Waals surface area (Å²) in [6, 6.07) is 6.32. The Kier molecular flexibility index (Phi) is 2.97. The van der Waals surface area contributed by atoms with E-state index < -0.39 is 0 Å². The Morgan fingerprint density at radius 2 is 1.95 bits per heavy atom. The van der Waals surface area contributed by atoms with Crippen LogP contribution < -0.4 is 10.1 Å². The molecule has 4 atom stereocenters. The molecule has 3 aliphatic heterocycles. The van der Waals surface area contributed by atoms with Gasteiger partial charge in [0.15, 0.2) is 0 Å². The van der Waals surface area contributed by atoms with Crippen molar-refractivity contribution in [2.45, 2.75) is 31.5 Å². The molecule has 0 aromatic heterocycles. The van der Waals surface area contributed by atoms with Gasteiger partial charge in [0.05, 0.1) is 7.11 Å². The largest absolute Gasteiger partial charge is 0.496 e. The molecule has 20 heavy (non-hydrogen) atoms. The molecule has 1 aromatic carbocycles. The lowest BCUT2D eigenvalue weighted by Gasteiger charge is -2.25. The molecule has 108 valence electrons. The second kappa shape index (κ2) is 4.71. The smallest absolute Gasteiger partial charge is 0.126 e. The zero-order chi connectivity index (χ0) is 13.7. The van der Waals surface area contributed by atoms with Gasteiger partial charge in [-0.25, -0.2) is 4.39 Å². The highest BCUT2D eigenvalue weighted by Gasteiger charge is 2.54. The van der Waals surface area contributed by atoms with Crippen LogP contribution in [-0.4, -0.2) is 37.2 Å². The van der Waals surface area contributed by atoms with Gasteiger partial charge in [-0.3, -0.25) is 4.90 Å². The Hall–Kier alpha value is -1.13. The van der Waals surface area contributed by atoms with Crippen LogP contribution >= 0.6 is 0 Å². The summed E-state index contributed by atoms with van der Waals surface area (Å²) in [6.45, 7) is 3.23. The number of methoxy groups -OCH3 is 1. The number of nitrogens with one attached hydrogen (secondary N) is 1. The number of halogens is 1. The monoisotopic (exact) mass is 276 g/mol. The van der Waals surface area contributed by atoms with Gasteiger partial charge in [-0.05, 0) is 43.8 Å². The first-order chi connectivity index (χ1) is 9.78. The number of fused-ring (bicyclic) bond motifs is 5. The van der Waals surface area contributed by atoms with Crippen molar-refractivity contribution >= 4 is 0 Å². The molecule has 1 aromatic rings. The number of nitrogens with zero attached hydrogens (tertiary/aromatic N) is 1. The summed E-state index contributed by atoms with van der Waals surface area (Å²) in [4.78, 5) is 2.64. The average Bonchev–Trinajstić information content (AvgIpc) is 3.13. The van der Waals surface area contributed by atoms with Gasteiger partial charge in [0.1, 0.15) is 11.6 Å². The predicted octanol–water partition coefficient (Wildman–Crippen LogP) is 2.02. The summed E-state index contributed by atoms with van der Waals surface area (Å²) in [5.41, 5.74) is 1.11. The molecule has 0 aliphatic carbocycles. The lowest BCUT2D eigenvalue weighted by Crippen LogP contribution is -2.33. The van der Waals surface area contributed by atoms with Gasteiger partial charge in [0, 0.05) is 30.3 Å². The highest BCUT2D eigenvalue weighted by atomic mass is 19.1. The zero-order valence-electron chi connectivity index (χ0n) is 11.8. The van der Waals surface area contributed by atoms with Crippen LogP contribution in [0.15, 0.2) is 18.2 Å². The van der Waals surface area contributed by atoms with Crippen molar-refractivity contribution in [1.82, 2.24) is 10.2 Å². The summed E-state index contributed by atoms with van der Waals surface area (Å²) < 4.78 is 18.6. The SMILES string of the molecule is COc1cc(F)ccc1CN1[C@@H]2CC[C@H]1[C@H]1CNC[C@H]12. The highest BCUT2D eigenvalue weighted by molar-refractivity contribution is 5.34. The molecule has 0 saturated carbocycles. The van der Waals surface area contributed by atoms with E-state index in [0.29, 0.717) is 17.8 Å². The first-order valence-corrected chi connectivity index (χ1v) is 7.57. The van der Waals surface area contributed by atoms with E-state index in [9.17, 15) is 4.39 Å². The highest BCUT2D eigenvalue weighted by Crippen LogP contribution is 2.48. The quantitative estimate of drug-likeness (QED) is 0.914. The van der Waals surface area contributed by atoms with Crippen molar-refractivity contribution in [3.8, 4) is 5.75 Å². The van der Waals surface area contributed by atoms with E-state index in [1.165, 1.54) is 38.1 Å². The molecule has 0 unspecified atom stereocenters. The first kappa shape index (κ1) is 12.6. The summed E-state index contributed by atoms with van der Waals surface area (Å²) >= 11 is 0. The van der Waals surface area contributed by atoms with Crippen LogP contribution in [0.5, 0.6) is 5.75 Å². The first-order valence-electron chi connectivity index (χ1n) is 7.57. The number of hydrogen-bond acceptors (Lipinski definition) is 3. The van der Waals surface area contributed by atoms with Crippen molar-refractivity contribution in [3.63, 3.8) is 0 Å². The molecule has 0 amide bonds. The van der Waals surface area contributed by atoms with Crippen LogP contribution in [0, 0.1) is 17.7 Å². The van der Waals surface area contributed by atoms with E-state index in [-0.39, 0.29) is 5.82 Å². The summed E-state index contributed by atoms with van der Waals surface area (Å²) in [5, 5.41) is 3.54. The van der Waals surface area contributed by atoms with Crippen LogP contribution in [0.4, 0.5) is 4.39 Å². The molecule has 3 nitrogen and oxygen atoms in total. The molecular formula is C16H21FN2O. The van der Waals surface area contributed by atoms with Gasteiger partial charge in [-0.15, -0.1) is 0 Å². The topological polar surface area (TPSA) is 24.5 Å². The fourth-order valence-corrected chi connectivity index (χ4v) is 4.68. The minimum Gasteiger partial charge on any atom is -0.496 e. The Balaban J connectivity index is 1.58. The molecule has 0 radical (unpaired) electrons. The third-order valence-electron chi connectivity index (χ3n) is 5.51. The lowest BCUT2D eigenvalue weighted by molar-refractivity contribution is 0.215. The minimum atomic E-state index is -0.226. The second-order valence-electron chi connectivity index (χ2n) is 6.33. The van der Waals surface area contributed by atoms with Crippen LogP contribution in [0.25, 0.3) is 0 Å². The predicted molar refractivity (Wildman–Crippen MR) is 75.2 cm³/mol. The molecule has 2 bridgehead atoms. The number of ether oxygens (including phenoxy) is 1. The summed E-state index contributed by atoms with van der Waals surface area (Å²) in [5.74, 6) is 2.09. The van der Waals surface area contributed by atoms with E-state index in [4.69, 9.17) is 4.74 Å². The van der Waals surface area contributed by atoms with Crippen LogP contribution in [0.2, 0.25) is 0 Å². The minimum absolute atomic E-state index is 0.226. The molecule has 1 N–H and O–H groups in total. The van der Waals surface area contributed by atoms with Crippen molar-refractivity contribution in [1.29, 1.82) is 0 Å². The number of benzene rings is 1. The molecule has 3 aliphatic rings. The fourth-order valence-electron chi connectivity index (χ4n) is 4.68. The van der Waals surface area contributed by atoms with Gasteiger partial charge in [0.2, 0.25) is 0 Å². The molecule has 3 fully saturated rings. The third kappa shape index (κ3) is 1.78. The van der Waals surface area contributed by atoms with Crippen molar-refractivity contribution in [2.75, 3.05) is 20.2 Å². The maximum atomic E-state index is 13.3. The van der Waals surface area contributed by atoms with Gasteiger partial charge in [-0.2, -0.15) is 0 Å². The van der Waals surface area contributed by atoms with E-state index >= 15 is 0 Å².